The number of rotatable bonds is 9. The van der Waals surface area contributed by atoms with E-state index in [4.69, 9.17) is 0 Å². The number of halogens is 20. The highest BCUT2D eigenvalue weighted by atomic mass is 32.2. The molecule has 0 N–H and O–H groups in total. The number of hydrogen-bond acceptors (Lipinski definition) is 3. The van der Waals surface area contributed by atoms with Gasteiger partial charge in [0, 0.05) is 6.07 Å². The first kappa shape index (κ1) is 50.9. The molecule has 8 rings (SSSR count). The van der Waals surface area contributed by atoms with E-state index in [1.807, 2.05) is 23.1 Å². The molecule has 0 nitrogen and oxygen atoms in total. The van der Waals surface area contributed by atoms with Crippen LogP contribution in [0.1, 0.15) is 0 Å². The van der Waals surface area contributed by atoms with Crippen LogP contribution in [0.15, 0.2) is 113 Å². The zero-order valence-corrected chi connectivity index (χ0v) is 36.2. The quantitative estimate of drug-likeness (QED) is 0.0456. The van der Waals surface area contributed by atoms with Crippen molar-refractivity contribution in [2.75, 3.05) is 0 Å². The molecule has 0 fully saturated rings. The van der Waals surface area contributed by atoms with Crippen molar-refractivity contribution in [3.8, 4) is 0 Å². The summed E-state index contributed by atoms with van der Waals surface area (Å²) in [6.07, 6.45) is -7.22. The maximum Gasteiger partial charge on any atom is 0.221 e. The molecule has 2 heterocycles. The molecule has 0 atom stereocenters. The summed E-state index contributed by atoms with van der Waals surface area (Å²) in [6.45, 7) is 0. The molecule has 0 aliphatic carbocycles. The van der Waals surface area contributed by atoms with E-state index in [0.29, 0.717) is 0 Å². The molecule has 0 bridgehead atoms. The zero-order chi connectivity index (χ0) is 50.5. The molecule has 0 unspecified atom stereocenters. The Morgan fingerprint density at radius 3 is 0.870 bits per heavy atom. The van der Waals surface area contributed by atoms with Gasteiger partial charge in [0.25, 0.3) is 0 Å². The summed E-state index contributed by atoms with van der Waals surface area (Å²) in [5, 5.41) is 2.13. The number of thiophene rings is 2. The highest BCUT2D eigenvalue weighted by molar-refractivity contribution is 8.03. The van der Waals surface area contributed by atoms with E-state index in [-0.39, 0.29) is 10.9 Å². The minimum atomic E-state index is -7.22. The van der Waals surface area contributed by atoms with Gasteiger partial charge >= 0.3 is 0 Å². The second-order valence-electron chi connectivity index (χ2n) is 13.8. The largest absolute Gasteiger partial charge is 0.221 e. The van der Waals surface area contributed by atoms with Crippen molar-refractivity contribution < 1.29 is 87.8 Å². The summed E-state index contributed by atoms with van der Waals surface area (Å²) in [4.78, 5) is 2.75. The predicted octanol–water partition coefficient (Wildman–Crippen LogP) is 12.9. The van der Waals surface area contributed by atoms with Gasteiger partial charge in [-0.25, -0.2) is 87.8 Å². The molecule has 2 aromatic heterocycles. The molecule has 0 aliphatic heterocycles. The van der Waals surface area contributed by atoms with Crippen LogP contribution in [-0.4, -0.2) is 6.15 Å². The molecule has 358 valence electrons. The second kappa shape index (κ2) is 19.8. The van der Waals surface area contributed by atoms with Crippen molar-refractivity contribution in [3.05, 3.63) is 207 Å². The fourth-order valence-electron chi connectivity index (χ4n) is 7.24. The summed E-state index contributed by atoms with van der Waals surface area (Å²) in [6, 6.07) is 30.5. The lowest BCUT2D eigenvalue weighted by atomic mass is 9.12. The lowest BCUT2D eigenvalue weighted by Gasteiger charge is -2.44. The van der Waals surface area contributed by atoms with Crippen molar-refractivity contribution in [2.45, 2.75) is 22.4 Å². The Hall–Kier alpha value is -5.92. The lowest BCUT2D eigenvalue weighted by Crippen LogP contribution is -2.81. The maximum atomic E-state index is 15.4. The Balaban J connectivity index is 0.000000244. The second-order valence-corrected chi connectivity index (χ2v) is 19.7. The van der Waals surface area contributed by atoms with Gasteiger partial charge in [-0.15, -0.1) is 33.2 Å². The lowest BCUT2D eigenvalue weighted by molar-refractivity contribution is 0.378. The van der Waals surface area contributed by atoms with Crippen LogP contribution in [0.5, 0.6) is 0 Å². The number of benzene rings is 6. The molecular formula is C44H15BF20S4. The zero-order valence-electron chi connectivity index (χ0n) is 32.9. The van der Waals surface area contributed by atoms with Crippen molar-refractivity contribution >= 4 is 73.3 Å². The average molecular weight is 1060 g/mol. The van der Waals surface area contributed by atoms with Crippen LogP contribution in [0, 0.1) is 116 Å². The minimum absolute atomic E-state index is 0.0336. The Morgan fingerprint density at radius 2 is 0.594 bits per heavy atom. The van der Waals surface area contributed by atoms with Crippen molar-refractivity contribution in [3.63, 3.8) is 0 Å². The summed E-state index contributed by atoms with van der Waals surface area (Å²) < 4.78 is 298. The Morgan fingerprint density at radius 1 is 0.304 bits per heavy atom. The van der Waals surface area contributed by atoms with Gasteiger partial charge < -0.3 is 0 Å². The van der Waals surface area contributed by atoms with Crippen molar-refractivity contribution in [2.24, 2.45) is 0 Å². The van der Waals surface area contributed by atoms with E-state index in [9.17, 15) is 52.7 Å². The van der Waals surface area contributed by atoms with E-state index in [2.05, 4.69) is 90.3 Å². The van der Waals surface area contributed by atoms with E-state index in [0.717, 1.165) is 0 Å². The maximum absolute atomic E-state index is 15.4. The van der Waals surface area contributed by atoms with Gasteiger partial charge in [0.05, 0.1) is 8.42 Å². The number of hydrogen-bond donors (Lipinski definition) is 0. The normalized spacial score (nSPS) is 11.7. The molecular weight excluding hydrogens is 1050 g/mol. The first-order valence-electron chi connectivity index (χ1n) is 18.5. The van der Waals surface area contributed by atoms with Crippen LogP contribution >= 0.6 is 34.4 Å². The summed E-state index contributed by atoms with van der Waals surface area (Å²) in [5.74, 6) is -71.4. The van der Waals surface area contributed by atoms with Gasteiger partial charge in [-0.05, 0) is 41.8 Å². The summed E-state index contributed by atoms with van der Waals surface area (Å²) >= 11 is 5.58. The third-order valence-electron chi connectivity index (χ3n) is 10.1. The van der Waals surface area contributed by atoms with E-state index in [1.165, 1.54) is 22.4 Å². The summed E-state index contributed by atoms with van der Waals surface area (Å²) in [5.41, 5.74) is -14.3. The molecule has 0 radical (unpaired) electrons. The Labute approximate surface area is 388 Å². The van der Waals surface area contributed by atoms with Crippen molar-refractivity contribution in [1.29, 1.82) is 0 Å². The van der Waals surface area contributed by atoms with Crippen LogP contribution in [0.2, 0.25) is 0 Å². The van der Waals surface area contributed by atoms with Gasteiger partial charge in [0.1, 0.15) is 63.6 Å². The topological polar surface area (TPSA) is 0 Å². The van der Waals surface area contributed by atoms with Gasteiger partial charge in [0.15, 0.2) is 79.6 Å². The Bertz CT molecular complexity index is 2840. The van der Waals surface area contributed by atoms with E-state index in [1.54, 1.807) is 11.3 Å². The van der Waals surface area contributed by atoms with Gasteiger partial charge in [-0.3, -0.25) is 0 Å². The molecule has 69 heavy (non-hydrogen) atoms. The molecule has 0 amide bonds. The first-order chi connectivity index (χ1) is 32.6. The SMILES string of the molecule is Fc1c(F)c(F)c([B-](c2c(F)c(F)c(F)c(F)c2F)(c2c(F)c(F)c(F)c(F)c2F)c2c(F)c(F)c(F)c(F)c2F)c(F)c1F.c1ccc([S+](c2ccccc2)c2ccc(Sc3cccs3)s2)cc1. The molecule has 8 aromatic rings. The minimum Gasteiger partial charge on any atom is -0.207 e. The summed E-state index contributed by atoms with van der Waals surface area (Å²) in [7, 11) is -0.0336. The fourth-order valence-corrected chi connectivity index (χ4v) is 13.3. The predicted molar refractivity (Wildman–Crippen MR) is 217 cm³/mol. The Kier molecular flexibility index (Phi) is 14.6. The smallest absolute Gasteiger partial charge is 0.207 e. The van der Waals surface area contributed by atoms with E-state index < -0.39 is 144 Å². The molecule has 6 aromatic carbocycles. The van der Waals surface area contributed by atoms with Crippen LogP contribution in [0.4, 0.5) is 87.8 Å². The van der Waals surface area contributed by atoms with Crippen LogP contribution in [-0.2, 0) is 10.9 Å². The van der Waals surface area contributed by atoms with Crippen LogP contribution in [0.3, 0.4) is 0 Å². The van der Waals surface area contributed by atoms with Crippen LogP contribution in [0.25, 0.3) is 0 Å². The fraction of sp³-hybridized carbons (Fsp3) is 0. The van der Waals surface area contributed by atoms with Gasteiger partial charge in [-0.2, -0.15) is 0 Å². The third kappa shape index (κ3) is 8.53. The monoisotopic (exact) mass is 1060 g/mol. The highest BCUT2D eigenvalue weighted by Gasteiger charge is 2.52. The average Bonchev–Trinajstić information content (AvgIpc) is 4.05. The van der Waals surface area contributed by atoms with Crippen molar-refractivity contribution in [1.82, 2.24) is 0 Å². The molecule has 0 spiro atoms. The third-order valence-corrected chi connectivity index (χ3v) is 15.9. The van der Waals surface area contributed by atoms with E-state index >= 15 is 35.1 Å². The molecule has 0 saturated carbocycles. The standard InChI is InChI=1S/C24BF20.C20H15S4/c26-5-1(6(27)14(35)21(42)13(5)34)25(2-7(28)15(36)22(43)16(37)8(2)29,3-9(30)17(38)23(44)18(39)10(3)31)4-11(32)19(40)24(45)20(41)12(4)33;1-3-8-16(9-4-1)24(17-10-5-2-6-11-17)20-14-13-19(23-20)22-18-12-7-15-21-18/h;1-15H/q-1;+1. The molecule has 0 saturated heterocycles. The highest BCUT2D eigenvalue weighted by Crippen LogP contribution is 2.41. The molecule has 25 heteroatoms. The van der Waals surface area contributed by atoms with Gasteiger partial charge in [0.2, 0.25) is 4.21 Å². The van der Waals surface area contributed by atoms with Gasteiger partial charge in [-0.1, -0.05) is 65.6 Å². The van der Waals surface area contributed by atoms with Crippen LogP contribution < -0.4 is 21.9 Å². The first-order valence-corrected chi connectivity index (χ1v) is 22.2. The molecule has 0 aliphatic rings.